The number of benzene rings is 1. The predicted molar refractivity (Wildman–Crippen MR) is 72.4 cm³/mol. The second-order valence-electron chi connectivity index (χ2n) is 5.21. The number of hydrogen-bond acceptors (Lipinski definition) is 5. The Morgan fingerprint density at radius 1 is 1.48 bits per heavy atom. The molecule has 1 unspecified atom stereocenters. The van der Waals surface area contributed by atoms with Crippen molar-refractivity contribution in [1.82, 2.24) is 0 Å². The van der Waals surface area contributed by atoms with Gasteiger partial charge in [-0.1, -0.05) is 0 Å². The molecule has 1 aliphatic rings. The van der Waals surface area contributed by atoms with Crippen LogP contribution in [-0.4, -0.2) is 33.5 Å². The summed E-state index contributed by atoms with van der Waals surface area (Å²) in [6.07, 6.45) is 0. The van der Waals surface area contributed by atoms with Gasteiger partial charge >= 0.3 is 5.97 Å². The number of carbonyl (C=O) groups excluding carboxylic acids is 1. The molecular weight excluding hydrogens is 280 g/mol. The maximum Gasteiger partial charge on any atom is 0.326 e. The third-order valence-electron chi connectivity index (χ3n) is 3.26. The van der Waals surface area contributed by atoms with Gasteiger partial charge < -0.3 is 9.84 Å². The normalized spacial score (nSPS) is 17.7. The zero-order chi connectivity index (χ0) is 15.9. The highest BCUT2D eigenvalue weighted by Crippen LogP contribution is 2.40. The van der Waals surface area contributed by atoms with Crippen molar-refractivity contribution in [3.63, 3.8) is 0 Å². The number of aliphatic carboxylic acids is 1. The zero-order valence-electron chi connectivity index (χ0n) is 11.7. The van der Waals surface area contributed by atoms with Gasteiger partial charge in [0, 0.05) is 6.07 Å². The standard InChI is InChI=1S/C13H14N2O6/c1-7(11(16)17)14-9-5-4-8(15(19)20)6-10(9)21-13(2,3)12(14)18/h4-7H,1-3H3,(H,16,17). The number of nitro benzene ring substituents is 1. The van der Waals surface area contributed by atoms with Crippen LogP contribution in [0.3, 0.4) is 0 Å². The molecule has 2 rings (SSSR count). The molecule has 1 aromatic carbocycles. The molecule has 0 bridgehead atoms. The maximum absolute atomic E-state index is 12.4. The van der Waals surface area contributed by atoms with E-state index in [-0.39, 0.29) is 17.1 Å². The Morgan fingerprint density at radius 3 is 2.62 bits per heavy atom. The van der Waals surface area contributed by atoms with E-state index < -0.39 is 28.4 Å². The minimum Gasteiger partial charge on any atom is -0.480 e. The van der Waals surface area contributed by atoms with Crippen LogP contribution < -0.4 is 9.64 Å². The molecule has 0 saturated heterocycles. The highest BCUT2D eigenvalue weighted by molar-refractivity contribution is 6.06. The quantitative estimate of drug-likeness (QED) is 0.669. The lowest BCUT2D eigenvalue weighted by atomic mass is 10.0. The van der Waals surface area contributed by atoms with Crippen molar-refractivity contribution in [1.29, 1.82) is 0 Å². The Balaban J connectivity index is 2.60. The van der Waals surface area contributed by atoms with Gasteiger partial charge in [-0.3, -0.25) is 19.8 Å². The Hall–Kier alpha value is -2.64. The first-order chi connectivity index (χ1) is 9.65. The van der Waals surface area contributed by atoms with Gasteiger partial charge in [0.25, 0.3) is 11.6 Å². The largest absolute Gasteiger partial charge is 0.480 e. The van der Waals surface area contributed by atoms with Gasteiger partial charge in [-0.05, 0) is 26.8 Å². The van der Waals surface area contributed by atoms with Crippen LogP contribution in [0.25, 0.3) is 0 Å². The van der Waals surface area contributed by atoms with E-state index in [2.05, 4.69) is 0 Å². The van der Waals surface area contributed by atoms with Crippen molar-refractivity contribution < 1.29 is 24.4 Å². The zero-order valence-corrected chi connectivity index (χ0v) is 11.7. The lowest BCUT2D eigenvalue weighted by molar-refractivity contribution is -0.385. The average Bonchev–Trinajstić information content (AvgIpc) is 2.38. The molecule has 1 atom stereocenters. The molecule has 1 heterocycles. The first-order valence-electron chi connectivity index (χ1n) is 6.19. The number of fused-ring (bicyclic) bond motifs is 1. The third kappa shape index (κ3) is 2.39. The van der Waals surface area contributed by atoms with Gasteiger partial charge in [0.2, 0.25) is 0 Å². The minimum absolute atomic E-state index is 0.113. The molecule has 1 aromatic rings. The average molecular weight is 294 g/mol. The van der Waals surface area contributed by atoms with E-state index in [1.807, 2.05) is 0 Å². The van der Waals surface area contributed by atoms with E-state index >= 15 is 0 Å². The molecule has 0 spiro atoms. The molecule has 112 valence electrons. The van der Waals surface area contributed by atoms with E-state index in [9.17, 15) is 19.7 Å². The van der Waals surface area contributed by atoms with Crippen molar-refractivity contribution in [2.45, 2.75) is 32.4 Å². The van der Waals surface area contributed by atoms with E-state index in [1.54, 1.807) is 0 Å². The van der Waals surface area contributed by atoms with Crippen LogP contribution in [0.2, 0.25) is 0 Å². The topological polar surface area (TPSA) is 110 Å². The fraction of sp³-hybridized carbons (Fsp3) is 0.385. The molecule has 0 aromatic heterocycles. The van der Waals surface area contributed by atoms with Crippen LogP contribution in [0.15, 0.2) is 18.2 Å². The summed E-state index contributed by atoms with van der Waals surface area (Å²) in [5, 5.41) is 20.0. The second-order valence-corrected chi connectivity index (χ2v) is 5.21. The first kappa shape index (κ1) is 14.8. The lowest BCUT2D eigenvalue weighted by Crippen LogP contribution is -2.57. The van der Waals surface area contributed by atoms with Gasteiger partial charge in [0.05, 0.1) is 16.7 Å². The summed E-state index contributed by atoms with van der Waals surface area (Å²) in [6.45, 7) is 4.34. The van der Waals surface area contributed by atoms with Crippen LogP contribution >= 0.6 is 0 Å². The molecule has 21 heavy (non-hydrogen) atoms. The Bertz CT molecular complexity index is 640. The van der Waals surface area contributed by atoms with Crippen LogP contribution in [-0.2, 0) is 9.59 Å². The number of anilines is 1. The molecular formula is C13H14N2O6. The number of nitro groups is 1. The summed E-state index contributed by atoms with van der Waals surface area (Å²) in [6, 6.07) is 2.60. The predicted octanol–water partition coefficient (Wildman–Crippen LogP) is 1.57. The van der Waals surface area contributed by atoms with Crippen molar-refractivity contribution >= 4 is 23.3 Å². The number of hydrogen-bond donors (Lipinski definition) is 1. The van der Waals surface area contributed by atoms with Crippen LogP contribution in [0.5, 0.6) is 5.75 Å². The van der Waals surface area contributed by atoms with Gasteiger partial charge in [-0.15, -0.1) is 0 Å². The molecule has 1 aliphatic heterocycles. The summed E-state index contributed by atoms with van der Waals surface area (Å²) in [7, 11) is 0. The first-order valence-corrected chi connectivity index (χ1v) is 6.19. The number of nitrogens with zero attached hydrogens (tertiary/aromatic N) is 2. The number of carboxylic acids is 1. The molecule has 0 saturated carbocycles. The second kappa shape index (κ2) is 4.72. The van der Waals surface area contributed by atoms with Crippen molar-refractivity contribution in [2.75, 3.05) is 4.90 Å². The summed E-state index contributed by atoms with van der Waals surface area (Å²) in [4.78, 5) is 34.9. The van der Waals surface area contributed by atoms with Crippen molar-refractivity contribution in [3.8, 4) is 5.75 Å². The molecule has 0 fully saturated rings. The van der Waals surface area contributed by atoms with Crippen LogP contribution in [0.4, 0.5) is 11.4 Å². The SMILES string of the molecule is CC(C(=O)O)N1C(=O)C(C)(C)Oc2cc([N+](=O)[O-])ccc21. The van der Waals surface area contributed by atoms with Gasteiger partial charge in [-0.2, -0.15) is 0 Å². The highest BCUT2D eigenvalue weighted by Gasteiger charge is 2.44. The van der Waals surface area contributed by atoms with E-state index in [1.165, 1.54) is 39.0 Å². The number of carbonyl (C=O) groups is 2. The Morgan fingerprint density at radius 2 is 2.10 bits per heavy atom. The van der Waals surface area contributed by atoms with Gasteiger partial charge in [0.15, 0.2) is 11.4 Å². The summed E-state index contributed by atoms with van der Waals surface area (Å²) in [5.41, 5.74) is -1.28. The van der Waals surface area contributed by atoms with Crippen LogP contribution in [0, 0.1) is 10.1 Å². The summed E-state index contributed by atoms with van der Waals surface area (Å²) < 4.78 is 5.49. The molecule has 1 amide bonds. The minimum atomic E-state index is -1.30. The van der Waals surface area contributed by atoms with Crippen molar-refractivity contribution in [3.05, 3.63) is 28.3 Å². The molecule has 1 N–H and O–H groups in total. The number of non-ortho nitro benzene ring substituents is 1. The summed E-state index contributed by atoms with van der Waals surface area (Å²) in [5.74, 6) is -1.58. The fourth-order valence-electron chi connectivity index (χ4n) is 2.11. The van der Waals surface area contributed by atoms with Crippen molar-refractivity contribution in [2.24, 2.45) is 0 Å². The number of rotatable bonds is 3. The number of amides is 1. The third-order valence-corrected chi connectivity index (χ3v) is 3.26. The van der Waals surface area contributed by atoms with Gasteiger partial charge in [0.1, 0.15) is 6.04 Å². The number of ether oxygens (including phenoxy) is 1. The Kier molecular flexibility index (Phi) is 3.32. The highest BCUT2D eigenvalue weighted by atomic mass is 16.6. The maximum atomic E-state index is 12.4. The van der Waals surface area contributed by atoms with E-state index in [0.717, 1.165) is 4.90 Å². The van der Waals surface area contributed by atoms with Crippen LogP contribution in [0.1, 0.15) is 20.8 Å². The molecule has 0 radical (unpaired) electrons. The lowest BCUT2D eigenvalue weighted by Gasteiger charge is -2.40. The van der Waals surface area contributed by atoms with E-state index in [0.29, 0.717) is 0 Å². The fourth-order valence-corrected chi connectivity index (χ4v) is 2.11. The molecule has 0 aliphatic carbocycles. The number of carboxylic acid groups (broad SMARTS) is 1. The molecule has 8 heteroatoms. The molecule has 8 nitrogen and oxygen atoms in total. The summed E-state index contributed by atoms with van der Waals surface area (Å²) >= 11 is 0. The monoisotopic (exact) mass is 294 g/mol. The van der Waals surface area contributed by atoms with E-state index in [4.69, 9.17) is 9.84 Å². The van der Waals surface area contributed by atoms with Gasteiger partial charge in [-0.25, -0.2) is 4.79 Å². The Labute approximate surface area is 120 Å². The smallest absolute Gasteiger partial charge is 0.326 e.